The minimum Gasteiger partial charge on any atom is -0.321 e. The Balaban J connectivity index is 3.04. The van der Waals surface area contributed by atoms with E-state index in [2.05, 4.69) is 0 Å². The number of alkyl halides is 6. The van der Waals surface area contributed by atoms with Crippen LogP contribution in [0.4, 0.5) is 49.1 Å². The van der Waals surface area contributed by atoms with Gasteiger partial charge in [0.2, 0.25) is 17.2 Å². The van der Waals surface area contributed by atoms with Gasteiger partial charge in [-0.25, -0.2) is 0 Å². The second-order valence-electron chi connectivity index (χ2n) is 7.09. The van der Waals surface area contributed by atoms with Gasteiger partial charge in [-0.3, -0.25) is 29.8 Å². The minimum absolute atomic E-state index is 0.153. The number of anilines is 2. The summed E-state index contributed by atoms with van der Waals surface area (Å²) in [5.41, 5.74) is -11.9. The molecule has 2 aromatic rings. The van der Waals surface area contributed by atoms with Crippen molar-refractivity contribution in [1.82, 2.24) is 0 Å². The van der Waals surface area contributed by atoms with Crippen molar-refractivity contribution in [3.05, 3.63) is 67.8 Å². The lowest BCUT2D eigenvalue weighted by molar-refractivity contribution is -0.384. The fraction of sp³-hybridized carbons (Fsp3) is 0.263. The molecule has 35 heavy (non-hydrogen) atoms. The third-order valence-electron chi connectivity index (χ3n) is 4.72. The molecule has 2 amide bonds. The average molecular weight is 508 g/mol. The number of benzene rings is 2. The number of nitrogens with zero attached hydrogens (tertiary/aromatic N) is 2. The molecule has 0 aromatic heterocycles. The highest BCUT2D eigenvalue weighted by Gasteiger charge is 2.72. The number of nitro benzene ring substituents is 2. The smallest absolute Gasteiger partial charge is 0.321 e. The zero-order valence-electron chi connectivity index (χ0n) is 17.6. The highest BCUT2D eigenvalue weighted by atomic mass is 19.4. The number of nitro groups is 2. The zero-order chi connectivity index (χ0) is 26.9. The number of rotatable bonds is 6. The molecule has 0 aliphatic carbocycles. The molecule has 0 saturated carbocycles. The van der Waals surface area contributed by atoms with Crippen molar-refractivity contribution in [2.45, 2.75) is 31.6 Å². The van der Waals surface area contributed by atoms with E-state index in [9.17, 15) is 56.2 Å². The molecule has 0 heterocycles. The molecule has 2 rings (SSSR count). The van der Waals surface area contributed by atoms with E-state index in [0.717, 1.165) is 13.8 Å². The second kappa shape index (κ2) is 9.19. The molecule has 0 bridgehead atoms. The number of hydrogen-bond donors (Lipinski definition) is 2. The van der Waals surface area contributed by atoms with Crippen LogP contribution in [0.5, 0.6) is 0 Å². The van der Waals surface area contributed by atoms with Gasteiger partial charge in [0, 0.05) is 26.0 Å². The van der Waals surface area contributed by atoms with Gasteiger partial charge in [-0.15, -0.1) is 0 Å². The van der Waals surface area contributed by atoms with E-state index in [4.69, 9.17) is 0 Å². The summed E-state index contributed by atoms with van der Waals surface area (Å²) in [5.74, 6) is -2.03. The number of carbonyl (C=O) groups is 2. The fourth-order valence-corrected chi connectivity index (χ4v) is 3.42. The predicted molar refractivity (Wildman–Crippen MR) is 108 cm³/mol. The average Bonchev–Trinajstić information content (AvgIpc) is 2.65. The van der Waals surface area contributed by atoms with Gasteiger partial charge in [-0.1, -0.05) is 12.1 Å². The van der Waals surface area contributed by atoms with Crippen LogP contribution in [0.15, 0.2) is 36.4 Å². The second-order valence-corrected chi connectivity index (χ2v) is 7.09. The normalized spacial score (nSPS) is 12.1. The van der Waals surface area contributed by atoms with Crippen LogP contribution in [-0.2, 0) is 15.0 Å². The van der Waals surface area contributed by atoms with Gasteiger partial charge in [-0.2, -0.15) is 26.3 Å². The first-order valence-corrected chi connectivity index (χ1v) is 9.20. The van der Waals surface area contributed by atoms with Crippen molar-refractivity contribution >= 4 is 34.6 Å². The first-order valence-electron chi connectivity index (χ1n) is 9.20. The van der Waals surface area contributed by atoms with Gasteiger partial charge in [-0.05, 0) is 23.3 Å². The molecule has 0 spiro atoms. The van der Waals surface area contributed by atoms with Crippen LogP contribution in [0, 0.1) is 20.2 Å². The topological polar surface area (TPSA) is 144 Å². The molecule has 188 valence electrons. The molecule has 0 unspecified atom stereocenters. The Kier molecular flexibility index (Phi) is 7.09. The standard InChI is InChI=1S/C19H14F6N4O6/c1-9(30)26-13-7-11(3-5-15(13)28(32)33)17(18(20,21)22,19(23,24)25)12-4-6-16(29(34)35)14(8-12)27-10(2)31/h3-8H,1-2H3,(H,26,30)(H,27,31). The molecule has 0 radical (unpaired) electrons. The number of halogens is 6. The summed E-state index contributed by atoms with van der Waals surface area (Å²) in [6.07, 6.45) is -12.3. The van der Waals surface area contributed by atoms with Gasteiger partial charge in [0.25, 0.3) is 11.4 Å². The van der Waals surface area contributed by atoms with Gasteiger partial charge in [0.05, 0.1) is 9.85 Å². The summed E-state index contributed by atoms with van der Waals surface area (Å²) >= 11 is 0. The fourth-order valence-electron chi connectivity index (χ4n) is 3.42. The Labute approximate surface area is 191 Å². The Morgan fingerprint density at radius 1 is 0.714 bits per heavy atom. The van der Waals surface area contributed by atoms with E-state index < -0.39 is 73.3 Å². The van der Waals surface area contributed by atoms with Gasteiger partial charge < -0.3 is 10.6 Å². The third kappa shape index (κ3) is 4.99. The van der Waals surface area contributed by atoms with Crippen LogP contribution in [0.1, 0.15) is 25.0 Å². The number of carbonyl (C=O) groups excluding carboxylic acids is 2. The highest BCUT2D eigenvalue weighted by molar-refractivity contribution is 5.92. The van der Waals surface area contributed by atoms with Gasteiger partial charge in [0.1, 0.15) is 11.4 Å². The molecule has 0 fully saturated rings. The molecular formula is C19H14F6N4O6. The Morgan fingerprint density at radius 2 is 1.03 bits per heavy atom. The van der Waals surface area contributed by atoms with Crippen LogP contribution in [0.25, 0.3) is 0 Å². The third-order valence-corrected chi connectivity index (χ3v) is 4.72. The van der Waals surface area contributed by atoms with Crippen LogP contribution < -0.4 is 10.6 Å². The highest BCUT2D eigenvalue weighted by Crippen LogP contribution is 2.57. The van der Waals surface area contributed by atoms with Crippen LogP contribution in [0.2, 0.25) is 0 Å². The van der Waals surface area contributed by atoms with E-state index in [1.165, 1.54) is 0 Å². The van der Waals surface area contributed by atoms with Gasteiger partial charge in [0.15, 0.2) is 0 Å². The Bertz CT molecular complexity index is 1120. The lowest BCUT2D eigenvalue weighted by Crippen LogP contribution is -2.54. The van der Waals surface area contributed by atoms with Crippen LogP contribution >= 0.6 is 0 Å². The van der Waals surface area contributed by atoms with Crippen molar-refractivity contribution in [2.75, 3.05) is 10.6 Å². The van der Waals surface area contributed by atoms with E-state index in [-0.39, 0.29) is 24.3 Å². The number of nitrogens with one attached hydrogen (secondary N) is 2. The maximum Gasteiger partial charge on any atom is 0.411 e. The minimum atomic E-state index is -6.15. The van der Waals surface area contributed by atoms with Crippen molar-refractivity contribution in [2.24, 2.45) is 0 Å². The largest absolute Gasteiger partial charge is 0.411 e. The number of amides is 2. The van der Waals surface area contributed by atoms with E-state index >= 15 is 0 Å². The van der Waals surface area contributed by atoms with Crippen LogP contribution in [0.3, 0.4) is 0 Å². The molecule has 16 heteroatoms. The van der Waals surface area contributed by atoms with Crippen molar-refractivity contribution in [3.63, 3.8) is 0 Å². The molecule has 0 atom stereocenters. The lowest BCUT2D eigenvalue weighted by atomic mass is 9.72. The summed E-state index contributed by atoms with van der Waals surface area (Å²) < 4.78 is 86.3. The first-order chi connectivity index (χ1) is 15.9. The van der Waals surface area contributed by atoms with Crippen molar-refractivity contribution in [1.29, 1.82) is 0 Å². The summed E-state index contributed by atoms with van der Waals surface area (Å²) in [7, 11) is 0. The summed E-state index contributed by atoms with van der Waals surface area (Å²) in [6, 6.07) is 1.44. The molecule has 0 aliphatic rings. The molecular weight excluding hydrogens is 494 g/mol. The predicted octanol–water partition coefficient (Wildman–Crippen LogP) is 4.83. The van der Waals surface area contributed by atoms with E-state index in [1.807, 2.05) is 10.6 Å². The summed E-state index contributed by atoms with van der Waals surface area (Å²) in [4.78, 5) is 42.9. The van der Waals surface area contributed by atoms with Crippen molar-refractivity contribution in [3.8, 4) is 0 Å². The molecule has 2 N–H and O–H groups in total. The SMILES string of the molecule is CC(=O)Nc1cc(C(c2ccc([N+](=O)[O-])c(NC(C)=O)c2)(C(F)(F)F)C(F)(F)F)ccc1[N+](=O)[O-]. The van der Waals surface area contributed by atoms with E-state index in [1.54, 1.807) is 0 Å². The number of hydrogen-bond acceptors (Lipinski definition) is 6. The maximum atomic E-state index is 14.4. The zero-order valence-corrected chi connectivity index (χ0v) is 17.6. The molecule has 2 aromatic carbocycles. The lowest BCUT2D eigenvalue weighted by Gasteiger charge is -2.38. The monoisotopic (exact) mass is 508 g/mol. The van der Waals surface area contributed by atoms with Crippen molar-refractivity contribution < 1.29 is 45.8 Å². The summed E-state index contributed by atoms with van der Waals surface area (Å²) in [5, 5.41) is 26.0. The maximum absolute atomic E-state index is 14.4. The molecule has 0 saturated heterocycles. The Hall–Kier alpha value is -4.24. The quantitative estimate of drug-likeness (QED) is 0.325. The van der Waals surface area contributed by atoms with Gasteiger partial charge >= 0.3 is 12.4 Å². The molecule has 0 aliphatic heterocycles. The van der Waals surface area contributed by atoms with Crippen LogP contribution in [-0.4, -0.2) is 34.0 Å². The summed E-state index contributed by atoms with van der Waals surface area (Å²) in [6.45, 7) is 1.65. The first kappa shape index (κ1) is 27.0. The Morgan fingerprint density at radius 3 is 1.26 bits per heavy atom. The van der Waals surface area contributed by atoms with E-state index in [0.29, 0.717) is 12.1 Å². The molecule has 10 nitrogen and oxygen atoms in total.